The second kappa shape index (κ2) is 10.7. The normalized spacial score (nSPS) is 16.6. The Morgan fingerprint density at radius 3 is 2.41 bits per heavy atom. The second-order valence-electron chi connectivity index (χ2n) is 9.83. The maximum Gasteiger partial charge on any atom is 0.271 e. The summed E-state index contributed by atoms with van der Waals surface area (Å²) in [4.78, 5) is 29.6. The van der Waals surface area contributed by atoms with Gasteiger partial charge in [-0.3, -0.25) is 9.59 Å². The lowest BCUT2D eigenvalue weighted by atomic mass is 9.93. The van der Waals surface area contributed by atoms with Gasteiger partial charge in [-0.1, -0.05) is 42.5 Å². The quantitative estimate of drug-likeness (QED) is 0.348. The highest BCUT2D eigenvalue weighted by atomic mass is 16.5. The number of rotatable bonds is 9. The van der Waals surface area contributed by atoms with Gasteiger partial charge in [0, 0.05) is 35.6 Å². The number of hydrogen-bond donors (Lipinski definition) is 1. The topological polar surface area (TPSA) is 82.0 Å². The number of aromatic nitrogens is 1. The standard InChI is InChI=1S/C31H33N3O5/c1-31(30(36)32-19-23-10-6-8-12-27(23)38-3)20-33-25-11-7-5-9-22(25)17-26(33)29(35)34(31)16-15-21-13-14-24(37-2)18-28(21)39-4/h5-14,17-18H,15-16,19-20H2,1-4H3,(H,32,36). The van der Waals surface area contributed by atoms with Gasteiger partial charge in [0.15, 0.2) is 0 Å². The van der Waals surface area contributed by atoms with Gasteiger partial charge in [0.25, 0.3) is 5.91 Å². The van der Waals surface area contributed by atoms with Crippen molar-refractivity contribution in [2.24, 2.45) is 0 Å². The first-order valence-corrected chi connectivity index (χ1v) is 12.9. The number of ether oxygens (including phenoxy) is 3. The molecule has 0 saturated carbocycles. The summed E-state index contributed by atoms with van der Waals surface area (Å²) >= 11 is 0. The van der Waals surface area contributed by atoms with E-state index in [0.717, 1.165) is 22.0 Å². The molecule has 0 spiro atoms. The predicted molar refractivity (Wildman–Crippen MR) is 149 cm³/mol. The molecular weight excluding hydrogens is 494 g/mol. The van der Waals surface area contributed by atoms with Gasteiger partial charge in [0.1, 0.15) is 28.5 Å². The molecule has 8 heteroatoms. The minimum absolute atomic E-state index is 0.181. The van der Waals surface area contributed by atoms with E-state index in [2.05, 4.69) is 5.32 Å². The van der Waals surface area contributed by atoms with Gasteiger partial charge in [-0.2, -0.15) is 0 Å². The van der Waals surface area contributed by atoms with Crippen molar-refractivity contribution in [1.29, 1.82) is 0 Å². The van der Waals surface area contributed by atoms with Gasteiger partial charge in [0.2, 0.25) is 5.91 Å². The Morgan fingerprint density at radius 1 is 0.897 bits per heavy atom. The third-order valence-electron chi connectivity index (χ3n) is 7.56. The molecule has 0 saturated heterocycles. The predicted octanol–water partition coefficient (Wildman–Crippen LogP) is 4.44. The number of carbonyl (C=O) groups is 2. The van der Waals surface area contributed by atoms with Crippen LogP contribution in [-0.4, -0.2) is 54.7 Å². The van der Waals surface area contributed by atoms with Gasteiger partial charge in [-0.15, -0.1) is 0 Å². The highest BCUT2D eigenvalue weighted by Gasteiger charge is 2.47. The van der Waals surface area contributed by atoms with E-state index in [1.54, 1.807) is 26.2 Å². The Hall–Kier alpha value is -4.46. The van der Waals surface area contributed by atoms with Crippen molar-refractivity contribution in [2.75, 3.05) is 27.9 Å². The molecule has 0 aliphatic carbocycles. The molecule has 1 unspecified atom stereocenters. The molecule has 0 radical (unpaired) electrons. The number of amides is 2. The lowest BCUT2D eigenvalue weighted by Crippen LogP contribution is -2.64. The molecule has 1 atom stereocenters. The van der Waals surface area contributed by atoms with Crippen molar-refractivity contribution in [2.45, 2.75) is 32.0 Å². The van der Waals surface area contributed by atoms with E-state index in [0.29, 0.717) is 42.5 Å². The molecular formula is C31H33N3O5. The molecule has 5 rings (SSSR count). The molecule has 4 aromatic rings. The molecule has 8 nitrogen and oxygen atoms in total. The molecule has 39 heavy (non-hydrogen) atoms. The van der Waals surface area contributed by atoms with Crippen molar-refractivity contribution >= 4 is 22.7 Å². The Balaban J connectivity index is 1.48. The summed E-state index contributed by atoms with van der Waals surface area (Å²) in [6.07, 6.45) is 0.508. The van der Waals surface area contributed by atoms with E-state index >= 15 is 0 Å². The van der Waals surface area contributed by atoms with Crippen LogP contribution in [0.2, 0.25) is 0 Å². The fraction of sp³-hybridized carbons (Fsp3) is 0.290. The number of fused-ring (bicyclic) bond motifs is 3. The third kappa shape index (κ3) is 4.78. The van der Waals surface area contributed by atoms with E-state index in [9.17, 15) is 9.59 Å². The monoisotopic (exact) mass is 527 g/mol. The average Bonchev–Trinajstić information content (AvgIpc) is 3.34. The number of para-hydroxylation sites is 2. The zero-order valence-corrected chi connectivity index (χ0v) is 22.7. The van der Waals surface area contributed by atoms with Crippen LogP contribution in [0.5, 0.6) is 17.2 Å². The maximum absolute atomic E-state index is 14.0. The van der Waals surface area contributed by atoms with Crippen LogP contribution in [0, 0.1) is 0 Å². The molecule has 202 valence electrons. The first-order valence-electron chi connectivity index (χ1n) is 12.9. The number of hydrogen-bond acceptors (Lipinski definition) is 5. The van der Waals surface area contributed by atoms with Gasteiger partial charge in [-0.25, -0.2) is 0 Å². The van der Waals surface area contributed by atoms with Crippen molar-refractivity contribution in [3.8, 4) is 17.2 Å². The number of carbonyl (C=O) groups excluding carboxylic acids is 2. The van der Waals surface area contributed by atoms with Crippen molar-refractivity contribution in [3.63, 3.8) is 0 Å². The van der Waals surface area contributed by atoms with Crippen LogP contribution in [0.25, 0.3) is 10.9 Å². The number of benzene rings is 3. The van der Waals surface area contributed by atoms with Crippen LogP contribution in [0.1, 0.15) is 28.5 Å². The summed E-state index contributed by atoms with van der Waals surface area (Å²) in [7, 11) is 4.82. The molecule has 1 aromatic heterocycles. The van der Waals surface area contributed by atoms with Gasteiger partial charge >= 0.3 is 0 Å². The van der Waals surface area contributed by atoms with Crippen molar-refractivity contribution in [3.05, 3.63) is 89.6 Å². The molecule has 2 amide bonds. The van der Waals surface area contributed by atoms with Crippen LogP contribution in [0.3, 0.4) is 0 Å². The van der Waals surface area contributed by atoms with E-state index in [1.165, 1.54) is 0 Å². The first-order chi connectivity index (χ1) is 18.9. The van der Waals surface area contributed by atoms with Gasteiger partial charge < -0.3 is 29.0 Å². The van der Waals surface area contributed by atoms with Crippen molar-refractivity contribution < 1.29 is 23.8 Å². The number of methoxy groups -OCH3 is 3. The summed E-state index contributed by atoms with van der Waals surface area (Å²) in [5, 5.41) is 4.04. The molecule has 3 aromatic carbocycles. The largest absolute Gasteiger partial charge is 0.497 e. The minimum Gasteiger partial charge on any atom is -0.497 e. The molecule has 2 heterocycles. The van der Waals surface area contributed by atoms with E-state index in [-0.39, 0.29) is 18.4 Å². The lowest BCUT2D eigenvalue weighted by Gasteiger charge is -2.44. The van der Waals surface area contributed by atoms with Crippen LogP contribution < -0.4 is 19.5 Å². The maximum atomic E-state index is 14.0. The summed E-state index contributed by atoms with van der Waals surface area (Å²) in [6.45, 7) is 2.79. The zero-order valence-electron chi connectivity index (χ0n) is 22.7. The highest BCUT2D eigenvalue weighted by Crippen LogP contribution is 2.33. The summed E-state index contributed by atoms with van der Waals surface area (Å²) in [5.74, 6) is 1.65. The van der Waals surface area contributed by atoms with Crippen LogP contribution in [-0.2, 0) is 24.3 Å². The molecule has 1 N–H and O–H groups in total. The summed E-state index contributed by atoms with van der Waals surface area (Å²) < 4.78 is 18.3. The third-order valence-corrected chi connectivity index (χ3v) is 7.56. The Bertz CT molecular complexity index is 1530. The smallest absolute Gasteiger partial charge is 0.271 e. The molecule has 1 aliphatic rings. The Kier molecular flexibility index (Phi) is 7.19. The van der Waals surface area contributed by atoms with Crippen LogP contribution in [0.4, 0.5) is 0 Å². The molecule has 0 fully saturated rings. The summed E-state index contributed by atoms with van der Waals surface area (Å²) in [6, 6.07) is 23.0. The fourth-order valence-electron chi connectivity index (χ4n) is 5.36. The average molecular weight is 528 g/mol. The minimum atomic E-state index is -1.13. The van der Waals surface area contributed by atoms with E-state index in [1.807, 2.05) is 84.3 Å². The highest BCUT2D eigenvalue weighted by molar-refractivity contribution is 6.03. The SMILES string of the molecule is COc1ccc(CCN2C(=O)c3cc4ccccc4n3CC2(C)C(=O)NCc2ccccc2OC)c(OC)c1. The zero-order chi connectivity index (χ0) is 27.6. The summed E-state index contributed by atoms with van der Waals surface area (Å²) in [5.41, 5.74) is 2.16. The van der Waals surface area contributed by atoms with Crippen LogP contribution in [0.15, 0.2) is 72.8 Å². The Labute approximate surface area is 228 Å². The van der Waals surface area contributed by atoms with Crippen molar-refractivity contribution in [1.82, 2.24) is 14.8 Å². The Morgan fingerprint density at radius 2 is 1.64 bits per heavy atom. The molecule has 0 bridgehead atoms. The second-order valence-corrected chi connectivity index (χ2v) is 9.83. The fourth-order valence-corrected chi connectivity index (χ4v) is 5.36. The molecule has 1 aliphatic heterocycles. The van der Waals surface area contributed by atoms with E-state index < -0.39 is 5.54 Å². The number of nitrogens with one attached hydrogen (secondary N) is 1. The van der Waals surface area contributed by atoms with Gasteiger partial charge in [0.05, 0.1) is 27.9 Å². The van der Waals surface area contributed by atoms with Crippen LogP contribution >= 0.6 is 0 Å². The first kappa shape index (κ1) is 26.2. The lowest BCUT2D eigenvalue weighted by molar-refractivity contribution is -0.133. The number of nitrogens with zero attached hydrogens (tertiary/aromatic N) is 2. The van der Waals surface area contributed by atoms with E-state index in [4.69, 9.17) is 14.2 Å². The van der Waals surface area contributed by atoms with Gasteiger partial charge in [-0.05, 0) is 43.2 Å².